The Balaban J connectivity index is 1.82. The molecule has 0 heterocycles. The third-order valence-electron chi connectivity index (χ3n) is 3.53. The number of amides is 1. The minimum Gasteiger partial charge on any atom is -0.493 e. The zero-order chi connectivity index (χ0) is 16.7. The van der Waals surface area contributed by atoms with Crippen molar-refractivity contribution >= 4 is 11.6 Å². The molecule has 3 N–H and O–H groups in total. The van der Waals surface area contributed by atoms with Crippen LogP contribution in [0.1, 0.15) is 11.1 Å². The summed E-state index contributed by atoms with van der Waals surface area (Å²) in [7, 11) is 3.21. The van der Waals surface area contributed by atoms with Crippen LogP contribution in [0.2, 0.25) is 0 Å². The molecule has 0 fully saturated rings. The van der Waals surface area contributed by atoms with E-state index in [-0.39, 0.29) is 5.91 Å². The molecular weight excluding hydrogens is 292 g/mol. The molecule has 0 aliphatic carbocycles. The number of nitrogens with one attached hydrogen (secondary N) is 1. The summed E-state index contributed by atoms with van der Waals surface area (Å²) >= 11 is 0. The molecule has 5 heteroatoms. The summed E-state index contributed by atoms with van der Waals surface area (Å²) in [5.41, 5.74) is 8.35. The monoisotopic (exact) mass is 314 g/mol. The molecule has 0 saturated carbocycles. The number of ether oxygens (including phenoxy) is 2. The van der Waals surface area contributed by atoms with Crippen molar-refractivity contribution in [1.29, 1.82) is 0 Å². The van der Waals surface area contributed by atoms with E-state index in [9.17, 15) is 4.79 Å². The summed E-state index contributed by atoms with van der Waals surface area (Å²) in [6, 6.07) is 13.1. The molecule has 2 aromatic carbocycles. The minimum absolute atomic E-state index is 0.00440. The predicted molar refractivity (Wildman–Crippen MR) is 90.8 cm³/mol. The van der Waals surface area contributed by atoms with Gasteiger partial charge < -0.3 is 20.5 Å². The molecule has 0 unspecified atom stereocenters. The van der Waals surface area contributed by atoms with E-state index in [1.807, 2.05) is 30.3 Å². The Morgan fingerprint density at radius 1 is 1.00 bits per heavy atom. The number of nitrogens with two attached hydrogens (primary N) is 1. The molecule has 0 aliphatic heterocycles. The van der Waals surface area contributed by atoms with Crippen LogP contribution in [0.3, 0.4) is 0 Å². The summed E-state index contributed by atoms with van der Waals surface area (Å²) in [6.45, 7) is 0.573. The number of carbonyl (C=O) groups is 1. The summed E-state index contributed by atoms with van der Waals surface area (Å²) in [5, 5.41) is 2.92. The summed E-state index contributed by atoms with van der Waals surface area (Å²) < 4.78 is 10.5. The fourth-order valence-corrected chi connectivity index (χ4v) is 2.27. The minimum atomic E-state index is -0.00440. The maximum absolute atomic E-state index is 11.9. The van der Waals surface area contributed by atoms with Crippen LogP contribution in [-0.4, -0.2) is 26.7 Å². The smallest absolute Gasteiger partial charge is 0.224 e. The molecule has 0 aromatic heterocycles. The summed E-state index contributed by atoms with van der Waals surface area (Å²) in [6.07, 6.45) is 1.08. The molecule has 0 spiro atoms. The van der Waals surface area contributed by atoms with E-state index < -0.39 is 0 Å². The van der Waals surface area contributed by atoms with Crippen molar-refractivity contribution in [2.45, 2.75) is 12.8 Å². The maximum Gasteiger partial charge on any atom is 0.224 e. The largest absolute Gasteiger partial charge is 0.493 e. The molecule has 0 saturated heterocycles. The first-order valence-corrected chi connectivity index (χ1v) is 7.44. The van der Waals surface area contributed by atoms with Crippen molar-refractivity contribution in [2.75, 3.05) is 26.5 Å². The van der Waals surface area contributed by atoms with Gasteiger partial charge in [0.15, 0.2) is 11.5 Å². The fraction of sp³-hybridized carbons (Fsp3) is 0.278. The molecule has 0 aliphatic rings. The van der Waals surface area contributed by atoms with Gasteiger partial charge in [0.1, 0.15) is 0 Å². The van der Waals surface area contributed by atoms with Gasteiger partial charge in [-0.3, -0.25) is 4.79 Å². The van der Waals surface area contributed by atoms with Crippen molar-refractivity contribution < 1.29 is 14.3 Å². The quantitative estimate of drug-likeness (QED) is 0.768. The van der Waals surface area contributed by atoms with Crippen LogP contribution in [0.4, 0.5) is 5.69 Å². The molecule has 2 aromatic rings. The van der Waals surface area contributed by atoms with Crippen molar-refractivity contribution in [3.63, 3.8) is 0 Å². The van der Waals surface area contributed by atoms with Crippen LogP contribution in [0.25, 0.3) is 0 Å². The lowest BCUT2D eigenvalue weighted by atomic mass is 10.1. The molecule has 1 amide bonds. The van der Waals surface area contributed by atoms with E-state index in [1.165, 1.54) is 0 Å². The Bertz CT molecular complexity index is 654. The van der Waals surface area contributed by atoms with Crippen LogP contribution >= 0.6 is 0 Å². The first-order chi connectivity index (χ1) is 11.1. The molecule has 0 atom stereocenters. The Kier molecular flexibility index (Phi) is 5.86. The standard InChI is InChI=1S/C18H22N2O3/c1-22-16-8-5-14(11-17(16)23-2)9-10-20-18(21)12-13-3-6-15(19)7-4-13/h3-8,11H,9-10,12,19H2,1-2H3,(H,20,21). The van der Waals surface area contributed by atoms with Gasteiger partial charge in [0, 0.05) is 12.2 Å². The number of carbonyl (C=O) groups excluding carboxylic acids is 1. The number of rotatable bonds is 7. The highest BCUT2D eigenvalue weighted by molar-refractivity contribution is 5.78. The second kappa shape index (κ2) is 8.08. The van der Waals surface area contributed by atoms with Crippen LogP contribution in [0, 0.1) is 0 Å². The van der Waals surface area contributed by atoms with Gasteiger partial charge in [-0.15, -0.1) is 0 Å². The third kappa shape index (κ3) is 4.92. The average Bonchev–Trinajstić information content (AvgIpc) is 2.56. The average molecular weight is 314 g/mol. The Labute approximate surface area is 136 Å². The second-order valence-corrected chi connectivity index (χ2v) is 5.21. The first kappa shape index (κ1) is 16.7. The van der Waals surface area contributed by atoms with Gasteiger partial charge in [0.25, 0.3) is 0 Å². The zero-order valence-electron chi connectivity index (χ0n) is 13.5. The van der Waals surface area contributed by atoms with E-state index in [2.05, 4.69) is 5.32 Å². The van der Waals surface area contributed by atoms with E-state index >= 15 is 0 Å². The number of methoxy groups -OCH3 is 2. The predicted octanol–water partition coefficient (Wildman–Crippen LogP) is 2.19. The number of hydrogen-bond donors (Lipinski definition) is 2. The zero-order valence-corrected chi connectivity index (χ0v) is 13.5. The molecule has 23 heavy (non-hydrogen) atoms. The highest BCUT2D eigenvalue weighted by atomic mass is 16.5. The van der Waals surface area contributed by atoms with Gasteiger partial charge in [0.05, 0.1) is 20.6 Å². The molecule has 2 rings (SSSR count). The van der Waals surface area contributed by atoms with E-state index in [4.69, 9.17) is 15.2 Å². The molecule has 0 radical (unpaired) electrons. The van der Waals surface area contributed by atoms with Gasteiger partial charge in [-0.1, -0.05) is 18.2 Å². The Hall–Kier alpha value is -2.69. The van der Waals surface area contributed by atoms with Gasteiger partial charge in [-0.2, -0.15) is 0 Å². The molecular formula is C18H22N2O3. The van der Waals surface area contributed by atoms with Crippen LogP contribution < -0.4 is 20.5 Å². The lowest BCUT2D eigenvalue weighted by Crippen LogP contribution is -2.27. The van der Waals surface area contributed by atoms with Crippen molar-refractivity contribution in [3.05, 3.63) is 53.6 Å². The van der Waals surface area contributed by atoms with Crippen molar-refractivity contribution in [3.8, 4) is 11.5 Å². The topological polar surface area (TPSA) is 73.6 Å². The lowest BCUT2D eigenvalue weighted by Gasteiger charge is -2.10. The SMILES string of the molecule is COc1ccc(CCNC(=O)Cc2ccc(N)cc2)cc1OC. The molecule has 5 nitrogen and oxygen atoms in total. The molecule has 122 valence electrons. The Morgan fingerprint density at radius 3 is 2.30 bits per heavy atom. The summed E-state index contributed by atoms with van der Waals surface area (Å²) in [5.74, 6) is 1.39. The second-order valence-electron chi connectivity index (χ2n) is 5.21. The van der Waals surface area contributed by atoms with Crippen LogP contribution in [-0.2, 0) is 17.6 Å². The normalized spacial score (nSPS) is 10.2. The maximum atomic E-state index is 11.9. The van der Waals surface area contributed by atoms with E-state index in [1.54, 1.807) is 26.4 Å². The van der Waals surface area contributed by atoms with Crippen LogP contribution in [0.15, 0.2) is 42.5 Å². The fourth-order valence-electron chi connectivity index (χ4n) is 2.27. The highest BCUT2D eigenvalue weighted by Crippen LogP contribution is 2.27. The van der Waals surface area contributed by atoms with Crippen LogP contribution in [0.5, 0.6) is 11.5 Å². The van der Waals surface area contributed by atoms with E-state index in [0.29, 0.717) is 30.2 Å². The van der Waals surface area contributed by atoms with Gasteiger partial charge in [-0.25, -0.2) is 0 Å². The van der Waals surface area contributed by atoms with Gasteiger partial charge in [-0.05, 0) is 41.8 Å². The van der Waals surface area contributed by atoms with Gasteiger partial charge >= 0.3 is 0 Å². The van der Waals surface area contributed by atoms with Crippen molar-refractivity contribution in [1.82, 2.24) is 5.32 Å². The number of hydrogen-bond acceptors (Lipinski definition) is 4. The summed E-state index contributed by atoms with van der Waals surface area (Å²) in [4.78, 5) is 11.9. The van der Waals surface area contributed by atoms with Gasteiger partial charge in [0.2, 0.25) is 5.91 Å². The van der Waals surface area contributed by atoms with Crippen molar-refractivity contribution in [2.24, 2.45) is 0 Å². The number of nitrogen functional groups attached to an aromatic ring is 1. The Morgan fingerprint density at radius 2 is 1.65 bits per heavy atom. The van der Waals surface area contributed by atoms with E-state index in [0.717, 1.165) is 17.5 Å². The number of benzene rings is 2. The highest BCUT2D eigenvalue weighted by Gasteiger charge is 2.06. The lowest BCUT2D eigenvalue weighted by molar-refractivity contribution is -0.120. The third-order valence-corrected chi connectivity index (χ3v) is 3.53. The number of anilines is 1. The molecule has 0 bridgehead atoms. The first-order valence-electron chi connectivity index (χ1n) is 7.44.